The SMILES string of the molecule is CCCN1C(=O)C2CC=C3C(CC4C(=O)N(c5ccccc5)C(=O)C4(C)C3c3cc(OC)c(O)c(OC)c3)C2C1=O. The number of methoxy groups -OCH3 is 2. The summed E-state index contributed by atoms with van der Waals surface area (Å²) in [5.74, 6) is -3.61. The number of imide groups is 2. The fraction of sp³-hybridized carbons (Fsp3) is 0.438. The maximum absolute atomic E-state index is 14.4. The Bertz CT molecular complexity index is 1460. The Morgan fingerprint density at radius 2 is 1.61 bits per heavy atom. The highest BCUT2D eigenvalue weighted by Crippen LogP contribution is 2.64. The van der Waals surface area contributed by atoms with Crippen molar-refractivity contribution in [2.75, 3.05) is 25.7 Å². The van der Waals surface area contributed by atoms with Gasteiger partial charge in [-0.3, -0.25) is 24.1 Å². The summed E-state index contributed by atoms with van der Waals surface area (Å²) in [5.41, 5.74) is 0.810. The van der Waals surface area contributed by atoms with Gasteiger partial charge in [0.2, 0.25) is 29.4 Å². The molecule has 2 saturated heterocycles. The molecule has 2 aromatic carbocycles. The minimum Gasteiger partial charge on any atom is -0.502 e. The van der Waals surface area contributed by atoms with Gasteiger partial charge in [0.15, 0.2) is 11.5 Å². The number of nitrogens with zero attached hydrogens (tertiary/aromatic N) is 2. The van der Waals surface area contributed by atoms with Crippen molar-refractivity contribution < 1.29 is 33.8 Å². The van der Waals surface area contributed by atoms with E-state index < -0.39 is 35.0 Å². The number of phenols is 1. The monoisotopic (exact) mass is 558 g/mol. The van der Waals surface area contributed by atoms with E-state index >= 15 is 0 Å². The fourth-order valence-corrected chi connectivity index (χ4v) is 7.81. The molecule has 6 unspecified atom stereocenters. The van der Waals surface area contributed by atoms with Gasteiger partial charge in [-0.1, -0.05) is 36.8 Å². The molecule has 2 aromatic rings. The van der Waals surface area contributed by atoms with E-state index in [0.29, 0.717) is 37.1 Å². The van der Waals surface area contributed by atoms with E-state index in [1.165, 1.54) is 24.0 Å². The van der Waals surface area contributed by atoms with E-state index in [-0.39, 0.29) is 40.9 Å². The highest BCUT2D eigenvalue weighted by molar-refractivity contribution is 6.24. The van der Waals surface area contributed by atoms with E-state index in [0.717, 1.165) is 5.57 Å². The molecule has 2 aliphatic heterocycles. The summed E-state index contributed by atoms with van der Waals surface area (Å²) in [6, 6.07) is 12.2. The topological polar surface area (TPSA) is 113 Å². The van der Waals surface area contributed by atoms with Crippen molar-refractivity contribution >= 4 is 29.3 Å². The van der Waals surface area contributed by atoms with E-state index in [9.17, 15) is 24.3 Å². The standard InChI is InChI=1S/C32H34N2O7/c1-5-13-33-28(36)20-12-11-19-21(25(20)30(33)38)16-22-29(37)34(18-9-7-6-8-10-18)31(39)32(22,2)26(19)17-14-23(40-3)27(35)24(15-17)41-4/h6-11,14-15,20-22,25-26,35H,5,12-13,16H2,1-4H3. The second-order valence-electron chi connectivity index (χ2n) is 11.6. The summed E-state index contributed by atoms with van der Waals surface area (Å²) in [6.45, 7) is 4.12. The minimum absolute atomic E-state index is 0.158. The number of hydrogen-bond donors (Lipinski definition) is 1. The average Bonchev–Trinajstić information content (AvgIpc) is 3.33. The molecule has 0 aromatic heterocycles. The van der Waals surface area contributed by atoms with E-state index in [1.54, 1.807) is 36.4 Å². The molecule has 214 valence electrons. The number of fused-ring (bicyclic) bond motifs is 4. The molecular formula is C32H34N2O7. The Balaban J connectivity index is 1.55. The Kier molecular flexibility index (Phi) is 6.43. The molecule has 1 N–H and O–H groups in total. The third-order valence-corrected chi connectivity index (χ3v) is 9.66. The number of rotatable bonds is 6. The maximum Gasteiger partial charge on any atom is 0.241 e. The van der Waals surface area contributed by atoms with Crippen LogP contribution in [-0.4, -0.2) is 54.4 Å². The molecule has 6 atom stereocenters. The zero-order valence-electron chi connectivity index (χ0n) is 23.6. The van der Waals surface area contributed by atoms with Gasteiger partial charge in [-0.25, -0.2) is 4.90 Å². The van der Waals surface area contributed by atoms with Gasteiger partial charge in [-0.2, -0.15) is 0 Å². The summed E-state index contributed by atoms with van der Waals surface area (Å²) < 4.78 is 10.9. The first kappa shape index (κ1) is 27.1. The first-order chi connectivity index (χ1) is 19.7. The number of amides is 4. The molecule has 9 nitrogen and oxygen atoms in total. The van der Waals surface area contributed by atoms with Gasteiger partial charge in [0, 0.05) is 12.5 Å². The van der Waals surface area contributed by atoms with Crippen molar-refractivity contribution in [1.82, 2.24) is 4.90 Å². The van der Waals surface area contributed by atoms with Gasteiger partial charge in [0.1, 0.15) is 0 Å². The van der Waals surface area contributed by atoms with Gasteiger partial charge < -0.3 is 14.6 Å². The van der Waals surface area contributed by atoms with Crippen molar-refractivity contribution in [1.29, 1.82) is 0 Å². The summed E-state index contributed by atoms with van der Waals surface area (Å²) >= 11 is 0. The smallest absolute Gasteiger partial charge is 0.241 e. The normalized spacial score (nSPS) is 30.6. The Morgan fingerprint density at radius 3 is 2.22 bits per heavy atom. The molecule has 0 bridgehead atoms. The van der Waals surface area contributed by atoms with E-state index in [2.05, 4.69) is 0 Å². The number of likely N-dealkylation sites (tertiary alicyclic amines) is 1. The third kappa shape index (κ3) is 3.67. The number of anilines is 1. The first-order valence-corrected chi connectivity index (χ1v) is 14.1. The minimum atomic E-state index is -1.19. The van der Waals surface area contributed by atoms with Crippen LogP contribution in [0.5, 0.6) is 17.2 Å². The lowest BCUT2D eigenvalue weighted by Gasteiger charge is -2.49. The largest absolute Gasteiger partial charge is 0.502 e. The predicted octanol–water partition coefficient (Wildman–Crippen LogP) is 4.05. The Hall–Kier alpha value is -4.14. The van der Waals surface area contributed by atoms with E-state index in [4.69, 9.17) is 9.47 Å². The number of para-hydroxylation sites is 1. The van der Waals surface area contributed by atoms with Crippen molar-refractivity contribution in [3.63, 3.8) is 0 Å². The van der Waals surface area contributed by atoms with Gasteiger partial charge in [-0.05, 0) is 61.9 Å². The van der Waals surface area contributed by atoms with Gasteiger partial charge in [-0.15, -0.1) is 0 Å². The summed E-state index contributed by atoms with van der Waals surface area (Å²) in [7, 11) is 2.87. The number of benzene rings is 2. The van der Waals surface area contributed by atoms with Crippen molar-refractivity contribution in [3.05, 3.63) is 59.7 Å². The summed E-state index contributed by atoms with van der Waals surface area (Å²) in [5, 5.41) is 10.7. The fourth-order valence-electron chi connectivity index (χ4n) is 7.81. The van der Waals surface area contributed by atoms with Crippen LogP contribution in [0, 0.1) is 29.1 Å². The third-order valence-electron chi connectivity index (χ3n) is 9.66. The highest BCUT2D eigenvalue weighted by Gasteiger charge is 2.67. The van der Waals surface area contributed by atoms with Crippen molar-refractivity contribution in [2.45, 2.75) is 39.0 Å². The van der Waals surface area contributed by atoms with Crippen LogP contribution in [0.3, 0.4) is 0 Å². The quantitative estimate of drug-likeness (QED) is 0.420. The first-order valence-electron chi connectivity index (χ1n) is 14.1. The molecule has 1 saturated carbocycles. The zero-order valence-corrected chi connectivity index (χ0v) is 23.6. The second-order valence-corrected chi connectivity index (χ2v) is 11.6. The molecule has 41 heavy (non-hydrogen) atoms. The molecule has 2 aliphatic carbocycles. The number of phenolic OH excluding ortho intramolecular Hbond substituents is 1. The number of allylic oxidation sites excluding steroid dienone is 2. The molecule has 6 rings (SSSR count). The molecule has 4 amide bonds. The molecule has 4 aliphatic rings. The lowest BCUT2D eigenvalue weighted by atomic mass is 9.51. The van der Waals surface area contributed by atoms with Crippen LogP contribution in [0.2, 0.25) is 0 Å². The lowest BCUT2D eigenvalue weighted by Crippen LogP contribution is -2.48. The molecular weight excluding hydrogens is 524 g/mol. The molecule has 3 fully saturated rings. The number of carbonyl (C=O) groups is 4. The Morgan fingerprint density at radius 1 is 0.951 bits per heavy atom. The highest BCUT2D eigenvalue weighted by atomic mass is 16.5. The number of hydrogen-bond acceptors (Lipinski definition) is 7. The van der Waals surface area contributed by atoms with Crippen LogP contribution in [-0.2, 0) is 19.2 Å². The average molecular weight is 559 g/mol. The molecule has 0 spiro atoms. The Labute approximate surface area is 238 Å². The molecule has 2 heterocycles. The van der Waals surface area contributed by atoms with Crippen LogP contribution in [0.15, 0.2) is 54.1 Å². The molecule has 0 radical (unpaired) electrons. The van der Waals surface area contributed by atoms with Crippen LogP contribution < -0.4 is 14.4 Å². The van der Waals surface area contributed by atoms with Crippen LogP contribution in [0.25, 0.3) is 0 Å². The maximum atomic E-state index is 14.4. The van der Waals surface area contributed by atoms with E-state index in [1.807, 2.05) is 26.0 Å². The van der Waals surface area contributed by atoms with Crippen LogP contribution in [0.4, 0.5) is 5.69 Å². The predicted molar refractivity (Wildman–Crippen MR) is 149 cm³/mol. The number of ether oxygens (including phenoxy) is 2. The van der Waals surface area contributed by atoms with Gasteiger partial charge >= 0.3 is 0 Å². The van der Waals surface area contributed by atoms with Crippen LogP contribution >= 0.6 is 0 Å². The lowest BCUT2D eigenvalue weighted by molar-refractivity contribution is -0.140. The van der Waals surface area contributed by atoms with Crippen LogP contribution in [0.1, 0.15) is 44.6 Å². The number of carbonyl (C=O) groups excluding carboxylic acids is 4. The van der Waals surface area contributed by atoms with Gasteiger partial charge in [0.25, 0.3) is 0 Å². The number of aromatic hydroxyl groups is 1. The summed E-state index contributed by atoms with van der Waals surface area (Å²) in [4.78, 5) is 58.2. The van der Waals surface area contributed by atoms with Crippen molar-refractivity contribution in [3.8, 4) is 17.2 Å². The zero-order chi connectivity index (χ0) is 29.2. The van der Waals surface area contributed by atoms with Gasteiger partial charge in [0.05, 0.1) is 43.1 Å². The second kappa shape index (κ2) is 9.75. The molecule has 9 heteroatoms. The van der Waals surface area contributed by atoms with Crippen molar-refractivity contribution in [2.24, 2.45) is 29.1 Å². The summed E-state index contributed by atoms with van der Waals surface area (Å²) in [6.07, 6.45) is 3.35.